The molecule has 0 spiro atoms. The van der Waals surface area contributed by atoms with E-state index in [2.05, 4.69) is 37.9 Å². The molecule has 142 valence electrons. The number of oxazole rings is 1. The lowest BCUT2D eigenvalue weighted by Gasteiger charge is -2.08. The van der Waals surface area contributed by atoms with Gasteiger partial charge in [-0.2, -0.15) is 0 Å². The van der Waals surface area contributed by atoms with Crippen LogP contribution in [-0.4, -0.2) is 19.7 Å². The first-order chi connectivity index (χ1) is 14.4. The standard InChI is InChI=1S/C22H16N4OS2/c1-3-8-16(9-4-1)18-14-23-20(27-18)15-29-22-25-24-21(19-12-7-13-28-19)26(22)17-10-5-2-6-11-17/h1-14H,15H2. The number of hydrogen-bond acceptors (Lipinski definition) is 6. The van der Waals surface area contributed by atoms with Crippen molar-refractivity contribution in [2.75, 3.05) is 0 Å². The number of aromatic nitrogens is 4. The molecular formula is C22H16N4OS2. The molecule has 2 aromatic carbocycles. The Bertz CT molecular complexity index is 1200. The average molecular weight is 417 g/mol. The first kappa shape index (κ1) is 17.9. The molecule has 0 fully saturated rings. The monoisotopic (exact) mass is 416 g/mol. The molecule has 0 radical (unpaired) electrons. The Hall–Kier alpha value is -3.16. The summed E-state index contributed by atoms with van der Waals surface area (Å²) in [5.41, 5.74) is 2.05. The highest BCUT2D eigenvalue weighted by Gasteiger charge is 2.17. The number of para-hydroxylation sites is 1. The van der Waals surface area contributed by atoms with E-state index < -0.39 is 0 Å². The molecule has 0 saturated carbocycles. The molecule has 0 bridgehead atoms. The average Bonchev–Trinajstić information content (AvgIpc) is 3.54. The van der Waals surface area contributed by atoms with Crippen LogP contribution in [0.25, 0.3) is 27.7 Å². The van der Waals surface area contributed by atoms with Crippen molar-refractivity contribution < 1.29 is 4.42 Å². The van der Waals surface area contributed by atoms with Gasteiger partial charge in [-0.1, -0.05) is 66.4 Å². The Morgan fingerprint density at radius 1 is 0.897 bits per heavy atom. The molecule has 5 aromatic rings. The predicted molar refractivity (Wildman–Crippen MR) is 116 cm³/mol. The topological polar surface area (TPSA) is 56.7 Å². The molecule has 0 amide bonds. The van der Waals surface area contributed by atoms with Gasteiger partial charge in [-0.3, -0.25) is 4.57 Å². The quantitative estimate of drug-likeness (QED) is 0.321. The van der Waals surface area contributed by atoms with Crippen molar-refractivity contribution in [2.24, 2.45) is 0 Å². The molecule has 3 heterocycles. The fourth-order valence-electron chi connectivity index (χ4n) is 2.98. The molecule has 3 aromatic heterocycles. The summed E-state index contributed by atoms with van der Waals surface area (Å²) in [6.45, 7) is 0. The summed E-state index contributed by atoms with van der Waals surface area (Å²) < 4.78 is 8.01. The minimum atomic E-state index is 0.572. The number of benzene rings is 2. The second-order valence-electron chi connectivity index (χ2n) is 6.23. The summed E-state index contributed by atoms with van der Waals surface area (Å²) in [5.74, 6) is 2.84. The van der Waals surface area contributed by atoms with E-state index in [0.29, 0.717) is 11.6 Å². The highest BCUT2D eigenvalue weighted by molar-refractivity contribution is 7.98. The van der Waals surface area contributed by atoms with E-state index in [1.54, 1.807) is 29.3 Å². The van der Waals surface area contributed by atoms with E-state index >= 15 is 0 Å². The third-order valence-corrected chi connectivity index (χ3v) is 6.11. The van der Waals surface area contributed by atoms with Crippen molar-refractivity contribution in [3.05, 3.63) is 90.3 Å². The van der Waals surface area contributed by atoms with E-state index in [0.717, 1.165) is 32.9 Å². The second kappa shape index (κ2) is 8.06. The summed E-state index contributed by atoms with van der Waals surface area (Å²) in [4.78, 5) is 5.50. The molecule has 29 heavy (non-hydrogen) atoms. The normalized spacial score (nSPS) is 11.0. The van der Waals surface area contributed by atoms with Crippen molar-refractivity contribution in [2.45, 2.75) is 10.9 Å². The summed E-state index contributed by atoms with van der Waals surface area (Å²) in [6.07, 6.45) is 1.77. The van der Waals surface area contributed by atoms with Gasteiger partial charge in [-0.25, -0.2) is 4.98 Å². The zero-order chi connectivity index (χ0) is 19.5. The minimum absolute atomic E-state index is 0.572. The first-order valence-corrected chi connectivity index (χ1v) is 10.9. The number of nitrogens with zero attached hydrogens (tertiary/aromatic N) is 4. The van der Waals surface area contributed by atoms with E-state index in [9.17, 15) is 0 Å². The van der Waals surface area contributed by atoms with Crippen LogP contribution in [0.3, 0.4) is 0 Å². The van der Waals surface area contributed by atoms with Gasteiger partial charge in [0.2, 0.25) is 5.89 Å². The van der Waals surface area contributed by atoms with Gasteiger partial charge in [0, 0.05) is 11.3 Å². The van der Waals surface area contributed by atoms with Crippen LogP contribution in [0.2, 0.25) is 0 Å². The SMILES string of the molecule is c1ccc(-c2cnc(CSc3nnc(-c4cccs4)n3-c3ccccc3)o2)cc1. The lowest BCUT2D eigenvalue weighted by Crippen LogP contribution is -1.98. The molecule has 0 saturated heterocycles. The fraction of sp³-hybridized carbons (Fsp3) is 0.0455. The van der Waals surface area contributed by atoms with Gasteiger partial charge in [0.15, 0.2) is 16.7 Å². The van der Waals surface area contributed by atoms with E-state index in [-0.39, 0.29) is 0 Å². The molecule has 5 rings (SSSR count). The Balaban J connectivity index is 1.43. The fourth-order valence-corrected chi connectivity index (χ4v) is 4.48. The zero-order valence-corrected chi connectivity index (χ0v) is 16.9. The first-order valence-electron chi connectivity index (χ1n) is 9.06. The summed E-state index contributed by atoms with van der Waals surface area (Å²) in [7, 11) is 0. The Morgan fingerprint density at radius 2 is 1.69 bits per heavy atom. The Labute approximate surface area is 176 Å². The molecule has 7 heteroatoms. The Kier molecular flexibility index (Phi) is 4.98. The predicted octanol–water partition coefficient (Wildman–Crippen LogP) is 5.94. The van der Waals surface area contributed by atoms with E-state index in [1.165, 1.54) is 0 Å². The number of hydrogen-bond donors (Lipinski definition) is 0. The number of thiophene rings is 1. The summed E-state index contributed by atoms with van der Waals surface area (Å²) >= 11 is 3.21. The van der Waals surface area contributed by atoms with Crippen molar-refractivity contribution in [3.63, 3.8) is 0 Å². The van der Waals surface area contributed by atoms with Crippen LogP contribution in [0.1, 0.15) is 5.89 Å². The van der Waals surface area contributed by atoms with Gasteiger partial charge in [0.1, 0.15) is 0 Å². The third-order valence-electron chi connectivity index (χ3n) is 4.33. The lowest BCUT2D eigenvalue weighted by atomic mass is 10.2. The maximum absolute atomic E-state index is 5.93. The lowest BCUT2D eigenvalue weighted by molar-refractivity contribution is 0.529. The molecule has 5 nitrogen and oxygen atoms in total. The molecule has 0 atom stereocenters. The third kappa shape index (κ3) is 3.74. The molecule has 0 unspecified atom stereocenters. The van der Waals surface area contributed by atoms with Crippen molar-refractivity contribution in [1.82, 2.24) is 19.7 Å². The second-order valence-corrected chi connectivity index (χ2v) is 8.12. The van der Waals surface area contributed by atoms with E-state index in [1.807, 2.05) is 60.0 Å². The van der Waals surface area contributed by atoms with E-state index in [4.69, 9.17) is 4.42 Å². The van der Waals surface area contributed by atoms with Crippen molar-refractivity contribution in [1.29, 1.82) is 0 Å². The van der Waals surface area contributed by atoms with Crippen molar-refractivity contribution in [3.8, 4) is 27.7 Å². The van der Waals surface area contributed by atoms with Crippen LogP contribution in [0, 0.1) is 0 Å². The number of thioether (sulfide) groups is 1. The van der Waals surface area contributed by atoms with Gasteiger partial charge in [0.05, 0.1) is 16.8 Å². The minimum Gasteiger partial charge on any atom is -0.440 e. The van der Waals surface area contributed by atoms with Crippen LogP contribution in [-0.2, 0) is 5.75 Å². The zero-order valence-electron chi connectivity index (χ0n) is 15.3. The van der Waals surface area contributed by atoms with Crippen LogP contribution in [0.4, 0.5) is 0 Å². The van der Waals surface area contributed by atoms with Crippen LogP contribution in [0.15, 0.2) is 93.9 Å². The molecule has 0 N–H and O–H groups in total. The Morgan fingerprint density at radius 3 is 2.45 bits per heavy atom. The smallest absolute Gasteiger partial charge is 0.205 e. The van der Waals surface area contributed by atoms with Gasteiger partial charge >= 0.3 is 0 Å². The maximum Gasteiger partial charge on any atom is 0.205 e. The number of rotatable bonds is 6. The van der Waals surface area contributed by atoms with Gasteiger partial charge < -0.3 is 4.42 Å². The largest absolute Gasteiger partial charge is 0.440 e. The highest BCUT2D eigenvalue weighted by atomic mass is 32.2. The van der Waals surface area contributed by atoms with Gasteiger partial charge in [-0.15, -0.1) is 21.5 Å². The summed E-state index contributed by atoms with van der Waals surface area (Å²) in [5, 5.41) is 11.7. The summed E-state index contributed by atoms with van der Waals surface area (Å²) in [6, 6.07) is 24.2. The highest BCUT2D eigenvalue weighted by Crippen LogP contribution is 2.32. The molecule has 0 aliphatic carbocycles. The van der Waals surface area contributed by atoms with Gasteiger partial charge in [0.25, 0.3) is 0 Å². The van der Waals surface area contributed by atoms with Crippen LogP contribution < -0.4 is 0 Å². The maximum atomic E-state index is 5.93. The van der Waals surface area contributed by atoms with Crippen LogP contribution in [0.5, 0.6) is 0 Å². The molecular weight excluding hydrogens is 400 g/mol. The van der Waals surface area contributed by atoms with Gasteiger partial charge in [-0.05, 0) is 23.6 Å². The molecule has 0 aliphatic heterocycles. The van der Waals surface area contributed by atoms with Crippen LogP contribution >= 0.6 is 23.1 Å². The molecule has 0 aliphatic rings. The van der Waals surface area contributed by atoms with Crippen molar-refractivity contribution >= 4 is 23.1 Å².